The fourth-order valence-electron chi connectivity index (χ4n) is 1.12. The molecule has 0 spiro atoms. The topological polar surface area (TPSA) is 64.1 Å². The monoisotopic (exact) mass is 227 g/mol. The lowest BCUT2D eigenvalue weighted by Gasteiger charge is -1.92. The first-order chi connectivity index (χ1) is 7.31. The van der Waals surface area contributed by atoms with Crippen molar-refractivity contribution in [3.05, 3.63) is 23.4 Å². The van der Waals surface area contributed by atoms with E-state index in [-0.39, 0.29) is 5.22 Å². The van der Waals surface area contributed by atoms with Gasteiger partial charge in [0, 0.05) is 0 Å². The largest absolute Gasteiger partial charge is 0.452 e. The molecule has 2 aromatic rings. The molecule has 0 aliphatic rings. The molecule has 15 heavy (non-hydrogen) atoms. The number of furan rings is 1. The number of nitrogens with one attached hydrogen (secondary N) is 1. The summed E-state index contributed by atoms with van der Waals surface area (Å²) >= 11 is 5.78. The molecule has 80 valence electrons. The van der Waals surface area contributed by atoms with Crippen LogP contribution in [0.2, 0.25) is 5.22 Å². The fraction of sp³-hybridized carbons (Fsp3) is 0.333. The molecule has 2 aromatic heterocycles. The Balaban J connectivity index is 2.17. The highest BCUT2D eigenvalue weighted by atomic mass is 35.5. The molecule has 0 radical (unpaired) electrons. The molecular formula is C9H10ClN3O2. The smallest absolute Gasteiger partial charge is 0.262 e. The molecule has 5 nitrogen and oxygen atoms in total. The summed E-state index contributed by atoms with van der Waals surface area (Å²) in [5.74, 6) is 0.978. The zero-order valence-electron chi connectivity index (χ0n) is 8.16. The van der Waals surface area contributed by atoms with E-state index in [1.807, 2.05) is 6.92 Å². The predicted octanol–water partition coefficient (Wildman–Crippen LogP) is 2.09. The lowest BCUT2D eigenvalue weighted by atomic mass is 10.3. The molecule has 2 heterocycles. The van der Waals surface area contributed by atoms with Gasteiger partial charge < -0.3 is 14.3 Å². The third-order valence-corrected chi connectivity index (χ3v) is 2.14. The van der Waals surface area contributed by atoms with Crippen LogP contribution in [0.1, 0.15) is 12.7 Å². The molecule has 0 atom stereocenters. The van der Waals surface area contributed by atoms with Gasteiger partial charge in [-0.25, -0.2) is 0 Å². The Morgan fingerprint density at radius 1 is 1.53 bits per heavy atom. The van der Waals surface area contributed by atoms with Crippen LogP contribution in [0.5, 0.6) is 0 Å². The molecule has 0 fully saturated rings. The number of hydrogen-bond donors (Lipinski definition) is 1. The van der Waals surface area contributed by atoms with Crippen molar-refractivity contribution in [2.24, 2.45) is 0 Å². The summed E-state index contributed by atoms with van der Waals surface area (Å²) in [6.45, 7) is 3.44. The molecule has 0 aliphatic carbocycles. The zero-order valence-corrected chi connectivity index (χ0v) is 8.91. The van der Waals surface area contributed by atoms with Crippen LogP contribution in [0.15, 0.2) is 21.3 Å². The first-order valence-corrected chi connectivity index (χ1v) is 4.95. The first-order valence-electron chi connectivity index (χ1n) is 4.58. The Bertz CT molecular complexity index is 438. The maximum absolute atomic E-state index is 5.78. The van der Waals surface area contributed by atoms with Gasteiger partial charge in [0.15, 0.2) is 5.82 Å². The van der Waals surface area contributed by atoms with Crippen molar-refractivity contribution in [1.82, 2.24) is 15.5 Å². The third-order valence-electron chi connectivity index (χ3n) is 1.85. The van der Waals surface area contributed by atoms with Gasteiger partial charge in [-0.2, -0.15) is 4.98 Å². The second-order valence-corrected chi connectivity index (χ2v) is 3.25. The van der Waals surface area contributed by atoms with Crippen LogP contribution in [0.25, 0.3) is 11.5 Å². The zero-order chi connectivity index (χ0) is 10.7. The summed E-state index contributed by atoms with van der Waals surface area (Å²) in [7, 11) is 0. The minimum Gasteiger partial charge on any atom is -0.452 e. The molecule has 2 rings (SSSR count). The normalized spacial score (nSPS) is 10.8. The maximum atomic E-state index is 5.78. The second-order valence-electron chi connectivity index (χ2n) is 2.90. The van der Waals surface area contributed by atoms with Crippen LogP contribution in [0.3, 0.4) is 0 Å². The van der Waals surface area contributed by atoms with E-state index >= 15 is 0 Å². The van der Waals surface area contributed by atoms with Crippen molar-refractivity contribution < 1.29 is 8.94 Å². The Morgan fingerprint density at radius 3 is 3.07 bits per heavy atom. The third kappa shape index (κ3) is 2.19. The van der Waals surface area contributed by atoms with E-state index in [1.54, 1.807) is 6.07 Å². The first kappa shape index (κ1) is 10.2. The van der Waals surface area contributed by atoms with Crippen LogP contribution in [-0.4, -0.2) is 16.7 Å². The Kier molecular flexibility index (Phi) is 3.03. The van der Waals surface area contributed by atoms with Crippen LogP contribution >= 0.6 is 11.6 Å². The predicted molar refractivity (Wildman–Crippen MR) is 54.4 cm³/mol. The van der Waals surface area contributed by atoms with E-state index < -0.39 is 0 Å². The second kappa shape index (κ2) is 4.46. The van der Waals surface area contributed by atoms with Gasteiger partial charge in [-0.05, 0) is 24.2 Å². The molecular weight excluding hydrogens is 218 g/mol. The van der Waals surface area contributed by atoms with Crippen LogP contribution in [0, 0.1) is 0 Å². The summed E-state index contributed by atoms with van der Waals surface area (Å²) in [4.78, 5) is 4.17. The number of halogens is 1. The van der Waals surface area contributed by atoms with Gasteiger partial charge in [-0.15, -0.1) is 0 Å². The minimum absolute atomic E-state index is 0.258. The average molecular weight is 228 g/mol. The summed E-state index contributed by atoms with van der Waals surface area (Å²) in [5.41, 5.74) is 0.618. The van der Waals surface area contributed by atoms with E-state index in [4.69, 9.17) is 20.5 Å². The summed E-state index contributed by atoms with van der Waals surface area (Å²) < 4.78 is 9.97. The van der Waals surface area contributed by atoms with Crippen molar-refractivity contribution >= 4 is 11.6 Å². The highest BCUT2D eigenvalue weighted by Gasteiger charge is 2.13. The molecule has 0 aromatic carbocycles. The molecule has 0 bridgehead atoms. The van der Waals surface area contributed by atoms with Gasteiger partial charge in [0.05, 0.1) is 18.4 Å². The van der Waals surface area contributed by atoms with E-state index in [9.17, 15) is 0 Å². The highest BCUT2D eigenvalue weighted by Crippen LogP contribution is 2.27. The molecule has 6 heteroatoms. The van der Waals surface area contributed by atoms with Crippen molar-refractivity contribution in [3.8, 4) is 11.5 Å². The van der Waals surface area contributed by atoms with Crippen LogP contribution < -0.4 is 5.32 Å². The number of nitrogens with zero attached hydrogens (tertiary/aromatic N) is 2. The maximum Gasteiger partial charge on any atom is 0.262 e. The highest BCUT2D eigenvalue weighted by molar-refractivity contribution is 6.31. The van der Waals surface area contributed by atoms with Crippen molar-refractivity contribution in [3.63, 3.8) is 0 Å². The van der Waals surface area contributed by atoms with Gasteiger partial charge in [-0.3, -0.25) is 0 Å². The number of aromatic nitrogens is 2. The van der Waals surface area contributed by atoms with E-state index in [0.29, 0.717) is 23.8 Å². The fourth-order valence-corrected chi connectivity index (χ4v) is 1.31. The number of rotatable bonds is 4. The average Bonchev–Trinajstić information content (AvgIpc) is 2.83. The van der Waals surface area contributed by atoms with Crippen molar-refractivity contribution in [2.75, 3.05) is 6.54 Å². The van der Waals surface area contributed by atoms with Crippen LogP contribution in [-0.2, 0) is 6.54 Å². The Morgan fingerprint density at radius 2 is 2.40 bits per heavy atom. The number of hydrogen-bond acceptors (Lipinski definition) is 5. The lowest BCUT2D eigenvalue weighted by Crippen LogP contribution is -2.12. The summed E-state index contributed by atoms with van der Waals surface area (Å²) in [6.07, 6.45) is 1.48. The molecule has 0 aliphatic heterocycles. The molecule has 0 saturated carbocycles. The van der Waals surface area contributed by atoms with E-state index in [2.05, 4.69) is 15.5 Å². The van der Waals surface area contributed by atoms with Gasteiger partial charge >= 0.3 is 0 Å². The minimum atomic E-state index is 0.258. The van der Waals surface area contributed by atoms with Crippen LogP contribution in [0.4, 0.5) is 0 Å². The van der Waals surface area contributed by atoms with Gasteiger partial charge in [-0.1, -0.05) is 12.1 Å². The quantitative estimate of drug-likeness (QED) is 0.867. The molecule has 0 saturated heterocycles. The van der Waals surface area contributed by atoms with Crippen molar-refractivity contribution in [1.29, 1.82) is 0 Å². The van der Waals surface area contributed by atoms with E-state index in [0.717, 1.165) is 6.54 Å². The van der Waals surface area contributed by atoms with Crippen molar-refractivity contribution in [2.45, 2.75) is 13.5 Å². The Labute approximate surface area is 91.4 Å². The Hall–Kier alpha value is -1.33. The van der Waals surface area contributed by atoms with Gasteiger partial charge in [0.25, 0.3) is 5.89 Å². The molecule has 1 N–H and O–H groups in total. The SMILES string of the molecule is CCNCc1noc(-c2ccoc2Cl)n1. The standard InChI is InChI=1S/C9H10ClN3O2/c1-2-11-5-7-12-9(15-13-7)6-3-4-14-8(6)10/h3-4,11H,2,5H2,1H3. The van der Waals surface area contributed by atoms with Gasteiger partial charge in [0.2, 0.25) is 5.22 Å². The molecule has 0 unspecified atom stereocenters. The lowest BCUT2D eigenvalue weighted by molar-refractivity contribution is 0.419. The molecule has 0 amide bonds. The van der Waals surface area contributed by atoms with Gasteiger partial charge in [0.1, 0.15) is 0 Å². The van der Waals surface area contributed by atoms with E-state index in [1.165, 1.54) is 6.26 Å². The summed E-state index contributed by atoms with van der Waals surface area (Å²) in [5, 5.41) is 7.16. The summed E-state index contributed by atoms with van der Waals surface area (Å²) in [6, 6.07) is 1.69.